The van der Waals surface area contributed by atoms with Gasteiger partial charge in [-0.05, 0) is 18.2 Å². The summed E-state index contributed by atoms with van der Waals surface area (Å²) in [5, 5.41) is 6.52. The maximum Gasteiger partial charge on any atom is 0.259 e. The summed E-state index contributed by atoms with van der Waals surface area (Å²) in [7, 11) is 1.72. The molecule has 0 atom stereocenters. The monoisotopic (exact) mass is 272 g/mol. The SMILES string of the molecule is Cn1ccc(NC(=O)c2cc(C#CCN)ccc2F)n1. The molecule has 5 nitrogen and oxygen atoms in total. The fraction of sp³-hybridized carbons (Fsp3) is 0.143. The summed E-state index contributed by atoms with van der Waals surface area (Å²) < 4.78 is 15.2. The van der Waals surface area contributed by atoms with E-state index in [0.29, 0.717) is 11.4 Å². The molecule has 1 aromatic heterocycles. The number of hydrogen-bond donors (Lipinski definition) is 2. The lowest BCUT2D eigenvalue weighted by Gasteiger charge is -2.04. The Kier molecular flexibility index (Phi) is 4.13. The average molecular weight is 272 g/mol. The normalized spacial score (nSPS) is 9.75. The van der Waals surface area contributed by atoms with E-state index in [9.17, 15) is 9.18 Å². The first-order chi connectivity index (χ1) is 9.60. The molecule has 0 aliphatic rings. The number of aromatic nitrogens is 2. The van der Waals surface area contributed by atoms with Crippen molar-refractivity contribution in [1.29, 1.82) is 0 Å². The van der Waals surface area contributed by atoms with E-state index in [2.05, 4.69) is 22.3 Å². The number of carbonyl (C=O) groups is 1. The second-order valence-electron chi connectivity index (χ2n) is 4.03. The Morgan fingerprint density at radius 2 is 2.30 bits per heavy atom. The topological polar surface area (TPSA) is 72.9 Å². The lowest BCUT2D eigenvalue weighted by atomic mass is 10.1. The molecular weight excluding hydrogens is 259 g/mol. The molecule has 0 unspecified atom stereocenters. The number of nitrogens with zero attached hydrogens (tertiary/aromatic N) is 2. The molecule has 3 N–H and O–H groups in total. The molecule has 2 aromatic rings. The second kappa shape index (κ2) is 5.99. The third kappa shape index (κ3) is 3.22. The molecule has 0 spiro atoms. The van der Waals surface area contributed by atoms with Crippen LogP contribution in [0.25, 0.3) is 0 Å². The van der Waals surface area contributed by atoms with Gasteiger partial charge >= 0.3 is 0 Å². The fourth-order valence-corrected chi connectivity index (χ4v) is 1.60. The van der Waals surface area contributed by atoms with Gasteiger partial charge in [-0.1, -0.05) is 11.8 Å². The molecule has 0 radical (unpaired) electrons. The minimum Gasteiger partial charge on any atom is -0.320 e. The van der Waals surface area contributed by atoms with Crippen LogP contribution >= 0.6 is 0 Å². The first-order valence-electron chi connectivity index (χ1n) is 5.89. The lowest BCUT2D eigenvalue weighted by Crippen LogP contribution is -2.14. The van der Waals surface area contributed by atoms with Crippen molar-refractivity contribution < 1.29 is 9.18 Å². The number of rotatable bonds is 2. The van der Waals surface area contributed by atoms with Crippen molar-refractivity contribution in [3.63, 3.8) is 0 Å². The van der Waals surface area contributed by atoms with Crippen LogP contribution in [0.4, 0.5) is 10.2 Å². The molecule has 2 rings (SSSR count). The number of amides is 1. The highest BCUT2D eigenvalue weighted by atomic mass is 19.1. The second-order valence-corrected chi connectivity index (χ2v) is 4.03. The van der Waals surface area contributed by atoms with Gasteiger partial charge in [0.2, 0.25) is 0 Å². The van der Waals surface area contributed by atoms with Crippen molar-refractivity contribution in [2.45, 2.75) is 0 Å². The van der Waals surface area contributed by atoms with Gasteiger partial charge in [-0.3, -0.25) is 9.48 Å². The Hall–Kier alpha value is -2.65. The molecule has 102 valence electrons. The van der Waals surface area contributed by atoms with E-state index in [1.54, 1.807) is 19.3 Å². The summed E-state index contributed by atoms with van der Waals surface area (Å²) in [6.45, 7) is 0.201. The summed E-state index contributed by atoms with van der Waals surface area (Å²) in [6.07, 6.45) is 1.68. The highest BCUT2D eigenvalue weighted by Crippen LogP contribution is 2.12. The third-order valence-electron chi connectivity index (χ3n) is 2.50. The van der Waals surface area contributed by atoms with Gasteiger partial charge in [0.25, 0.3) is 5.91 Å². The van der Waals surface area contributed by atoms with E-state index in [1.807, 2.05) is 0 Å². The predicted molar refractivity (Wildman–Crippen MR) is 73.5 cm³/mol. The first-order valence-corrected chi connectivity index (χ1v) is 5.89. The van der Waals surface area contributed by atoms with Gasteiger partial charge in [-0.25, -0.2) is 4.39 Å². The van der Waals surface area contributed by atoms with Crippen LogP contribution in [0.5, 0.6) is 0 Å². The van der Waals surface area contributed by atoms with Crippen LogP contribution < -0.4 is 11.1 Å². The number of nitrogens with one attached hydrogen (secondary N) is 1. The van der Waals surface area contributed by atoms with Crippen molar-refractivity contribution in [3.8, 4) is 11.8 Å². The van der Waals surface area contributed by atoms with Crippen molar-refractivity contribution in [1.82, 2.24) is 9.78 Å². The highest BCUT2D eigenvalue weighted by Gasteiger charge is 2.13. The van der Waals surface area contributed by atoms with E-state index in [-0.39, 0.29) is 12.1 Å². The molecule has 0 saturated heterocycles. The molecular formula is C14H13FN4O. The van der Waals surface area contributed by atoms with Gasteiger partial charge in [0.15, 0.2) is 5.82 Å². The zero-order valence-electron chi connectivity index (χ0n) is 10.9. The Bertz CT molecular complexity index is 697. The Balaban J connectivity index is 2.24. The lowest BCUT2D eigenvalue weighted by molar-refractivity contribution is 0.102. The zero-order valence-corrected chi connectivity index (χ0v) is 10.9. The van der Waals surface area contributed by atoms with E-state index in [1.165, 1.54) is 22.9 Å². The van der Waals surface area contributed by atoms with Crippen LogP contribution in [-0.4, -0.2) is 22.2 Å². The number of nitrogens with two attached hydrogens (primary N) is 1. The molecule has 6 heteroatoms. The number of aryl methyl sites for hydroxylation is 1. The Labute approximate surface area is 115 Å². The number of halogens is 1. The minimum atomic E-state index is -0.614. The smallest absolute Gasteiger partial charge is 0.259 e. The molecule has 1 amide bonds. The van der Waals surface area contributed by atoms with E-state index >= 15 is 0 Å². The minimum absolute atomic E-state index is 0.0838. The molecule has 0 aliphatic carbocycles. The van der Waals surface area contributed by atoms with Crippen LogP contribution in [0.3, 0.4) is 0 Å². The van der Waals surface area contributed by atoms with Crippen molar-refractivity contribution in [2.24, 2.45) is 12.8 Å². The van der Waals surface area contributed by atoms with Gasteiger partial charge in [-0.15, -0.1) is 0 Å². The molecule has 0 aliphatic heterocycles. The Morgan fingerprint density at radius 3 is 2.95 bits per heavy atom. The number of anilines is 1. The van der Waals surface area contributed by atoms with Gasteiger partial charge in [-0.2, -0.15) is 5.10 Å². The van der Waals surface area contributed by atoms with Crippen molar-refractivity contribution in [2.75, 3.05) is 11.9 Å². The fourth-order valence-electron chi connectivity index (χ4n) is 1.60. The van der Waals surface area contributed by atoms with Crippen LogP contribution in [0, 0.1) is 17.7 Å². The molecule has 1 heterocycles. The van der Waals surface area contributed by atoms with Crippen molar-refractivity contribution in [3.05, 3.63) is 47.4 Å². The molecule has 0 saturated carbocycles. The van der Waals surface area contributed by atoms with E-state index in [4.69, 9.17) is 5.73 Å². The molecule has 1 aromatic carbocycles. The third-order valence-corrected chi connectivity index (χ3v) is 2.50. The van der Waals surface area contributed by atoms with Gasteiger partial charge in [0.1, 0.15) is 5.82 Å². The first kappa shape index (κ1) is 13.8. The summed E-state index contributed by atoms with van der Waals surface area (Å²) in [6, 6.07) is 5.70. The van der Waals surface area contributed by atoms with Crippen LogP contribution in [-0.2, 0) is 7.05 Å². The van der Waals surface area contributed by atoms with Gasteiger partial charge < -0.3 is 11.1 Å². The number of hydrogen-bond acceptors (Lipinski definition) is 3. The molecule has 0 bridgehead atoms. The molecule has 0 fully saturated rings. The van der Waals surface area contributed by atoms with Crippen LogP contribution in [0.1, 0.15) is 15.9 Å². The quantitative estimate of drug-likeness (QED) is 0.805. The Morgan fingerprint density at radius 1 is 1.50 bits per heavy atom. The molecule has 20 heavy (non-hydrogen) atoms. The van der Waals surface area contributed by atoms with E-state index in [0.717, 1.165) is 0 Å². The predicted octanol–water partition coefficient (Wildman–Crippen LogP) is 1.12. The standard InChI is InChI=1S/C14H13FN4O/c1-19-8-6-13(18-19)17-14(20)11-9-10(3-2-7-16)4-5-12(11)15/h4-6,8-9H,7,16H2,1H3,(H,17,18,20). The zero-order chi connectivity index (χ0) is 14.5. The maximum absolute atomic E-state index is 13.7. The summed E-state index contributed by atoms with van der Waals surface area (Å²) in [4.78, 5) is 12.0. The van der Waals surface area contributed by atoms with E-state index < -0.39 is 11.7 Å². The largest absolute Gasteiger partial charge is 0.320 e. The average Bonchev–Trinajstić information content (AvgIpc) is 2.83. The van der Waals surface area contributed by atoms with Gasteiger partial charge in [0, 0.05) is 24.9 Å². The van der Waals surface area contributed by atoms with Crippen LogP contribution in [0.15, 0.2) is 30.5 Å². The highest BCUT2D eigenvalue weighted by molar-refractivity contribution is 6.04. The summed E-state index contributed by atoms with van der Waals surface area (Å²) in [5.74, 6) is 4.58. The summed E-state index contributed by atoms with van der Waals surface area (Å²) in [5.41, 5.74) is 5.72. The van der Waals surface area contributed by atoms with Crippen molar-refractivity contribution >= 4 is 11.7 Å². The maximum atomic E-state index is 13.7. The van der Waals surface area contributed by atoms with Crippen LogP contribution in [0.2, 0.25) is 0 Å². The number of benzene rings is 1. The summed E-state index contributed by atoms with van der Waals surface area (Å²) >= 11 is 0. The van der Waals surface area contributed by atoms with Gasteiger partial charge in [0.05, 0.1) is 12.1 Å². The number of carbonyl (C=O) groups excluding carboxylic acids is 1.